The van der Waals surface area contributed by atoms with E-state index in [1.54, 1.807) is 0 Å². The van der Waals surface area contributed by atoms with E-state index in [1.807, 2.05) is 0 Å². The molecule has 1 aliphatic heterocycles. The fourth-order valence-corrected chi connectivity index (χ4v) is 2.65. The topological polar surface area (TPSA) is 41.1 Å². The van der Waals surface area contributed by atoms with Crippen LogP contribution in [-0.2, 0) is 4.79 Å². The molecule has 1 heterocycles. The number of nitrogens with one attached hydrogen (secondary N) is 2. The van der Waals surface area contributed by atoms with Crippen LogP contribution in [0.15, 0.2) is 0 Å². The van der Waals surface area contributed by atoms with E-state index in [4.69, 9.17) is 0 Å². The third-order valence-electron chi connectivity index (χ3n) is 4.22. The Labute approximate surface area is 98.4 Å². The van der Waals surface area contributed by atoms with Gasteiger partial charge in [0.1, 0.15) is 0 Å². The standard InChI is InChI=1S/C13H24N2O/c1-13(6-2-7-13)10-15-12(16)4-3-11-5-8-14-9-11/h11,14H,2-10H2,1H3,(H,15,16). The molecule has 0 aromatic heterocycles. The lowest BCUT2D eigenvalue weighted by atomic mass is 9.70. The van der Waals surface area contributed by atoms with Crippen molar-refractivity contribution >= 4 is 5.91 Å². The highest BCUT2D eigenvalue weighted by molar-refractivity contribution is 5.75. The van der Waals surface area contributed by atoms with Crippen molar-refractivity contribution in [3.05, 3.63) is 0 Å². The maximum atomic E-state index is 11.7. The second-order valence-corrected chi connectivity index (χ2v) is 5.84. The second-order valence-electron chi connectivity index (χ2n) is 5.84. The summed E-state index contributed by atoms with van der Waals surface area (Å²) < 4.78 is 0. The largest absolute Gasteiger partial charge is 0.356 e. The van der Waals surface area contributed by atoms with Gasteiger partial charge >= 0.3 is 0 Å². The minimum atomic E-state index is 0.250. The maximum absolute atomic E-state index is 11.7. The van der Waals surface area contributed by atoms with Gasteiger partial charge in [0.05, 0.1) is 0 Å². The van der Waals surface area contributed by atoms with Gasteiger partial charge in [0.2, 0.25) is 5.91 Å². The minimum absolute atomic E-state index is 0.250. The normalized spacial score (nSPS) is 27.4. The summed E-state index contributed by atoms with van der Waals surface area (Å²) in [5.74, 6) is 0.977. The summed E-state index contributed by atoms with van der Waals surface area (Å²) in [6, 6.07) is 0. The SMILES string of the molecule is CC1(CNC(=O)CCC2CCNC2)CCC1. The summed E-state index contributed by atoms with van der Waals surface area (Å²) in [7, 11) is 0. The fourth-order valence-electron chi connectivity index (χ4n) is 2.65. The molecule has 16 heavy (non-hydrogen) atoms. The smallest absolute Gasteiger partial charge is 0.220 e. The van der Waals surface area contributed by atoms with E-state index in [0.717, 1.165) is 32.0 Å². The minimum Gasteiger partial charge on any atom is -0.356 e. The molecule has 1 saturated carbocycles. The lowest BCUT2D eigenvalue weighted by Crippen LogP contribution is -2.40. The Morgan fingerprint density at radius 1 is 1.50 bits per heavy atom. The Hall–Kier alpha value is -0.570. The lowest BCUT2D eigenvalue weighted by molar-refractivity contribution is -0.122. The highest BCUT2D eigenvalue weighted by Crippen LogP contribution is 2.39. The molecule has 3 nitrogen and oxygen atoms in total. The van der Waals surface area contributed by atoms with E-state index >= 15 is 0 Å². The number of rotatable bonds is 5. The molecule has 0 spiro atoms. The first kappa shape index (κ1) is 11.9. The molecule has 92 valence electrons. The summed E-state index contributed by atoms with van der Waals surface area (Å²) in [5, 5.41) is 6.43. The van der Waals surface area contributed by atoms with Crippen molar-refractivity contribution in [2.45, 2.75) is 45.4 Å². The fraction of sp³-hybridized carbons (Fsp3) is 0.923. The first-order valence-electron chi connectivity index (χ1n) is 6.65. The van der Waals surface area contributed by atoms with Crippen molar-refractivity contribution in [3.8, 4) is 0 Å². The van der Waals surface area contributed by atoms with Crippen molar-refractivity contribution in [3.63, 3.8) is 0 Å². The molecular weight excluding hydrogens is 200 g/mol. The first-order valence-corrected chi connectivity index (χ1v) is 6.65. The number of hydrogen-bond acceptors (Lipinski definition) is 2. The highest BCUT2D eigenvalue weighted by atomic mass is 16.1. The van der Waals surface area contributed by atoms with Crippen molar-refractivity contribution < 1.29 is 4.79 Å². The van der Waals surface area contributed by atoms with Crippen LogP contribution in [0.25, 0.3) is 0 Å². The Morgan fingerprint density at radius 3 is 2.88 bits per heavy atom. The van der Waals surface area contributed by atoms with Gasteiger partial charge in [-0.2, -0.15) is 0 Å². The Kier molecular flexibility index (Phi) is 3.85. The average molecular weight is 224 g/mol. The van der Waals surface area contributed by atoms with E-state index in [9.17, 15) is 4.79 Å². The Bertz CT molecular complexity index is 242. The van der Waals surface area contributed by atoms with E-state index in [-0.39, 0.29) is 5.91 Å². The van der Waals surface area contributed by atoms with Gasteiger partial charge in [0.15, 0.2) is 0 Å². The van der Waals surface area contributed by atoms with Crippen molar-refractivity contribution in [2.75, 3.05) is 19.6 Å². The average Bonchev–Trinajstić information content (AvgIpc) is 2.73. The summed E-state index contributed by atoms with van der Waals surface area (Å²) in [6.07, 6.45) is 6.89. The Morgan fingerprint density at radius 2 is 2.31 bits per heavy atom. The zero-order chi connectivity index (χ0) is 11.4. The monoisotopic (exact) mass is 224 g/mol. The zero-order valence-electron chi connectivity index (χ0n) is 10.3. The summed E-state index contributed by atoms with van der Waals surface area (Å²) in [6.45, 7) is 5.39. The van der Waals surface area contributed by atoms with Gasteiger partial charge in [-0.25, -0.2) is 0 Å². The molecule has 1 amide bonds. The third kappa shape index (κ3) is 3.21. The van der Waals surface area contributed by atoms with Gasteiger partial charge < -0.3 is 10.6 Å². The molecule has 1 saturated heterocycles. The van der Waals surface area contributed by atoms with Crippen LogP contribution in [-0.4, -0.2) is 25.5 Å². The van der Waals surface area contributed by atoms with E-state index in [0.29, 0.717) is 11.8 Å². The predicted octanol–water partition coefficient (Wildman–Crippen LogP) is 1.68. The van der Waals surface area contributed by atoms with Crippen molar-refractivity contribution in [2.24, 2.45) is 11.3 Å². The van der Waals surface area contributed by atoms with Crippen LogP contribution in [0, 0.1) is 11.3 Å². The molecule has 0 aromatic rings. The van der Waals surface area contributed by atoms with Gasteiger partial charge in [-0.1, -0.05) is 13.3 Å². The zero-order valence-corrected chi connectivity index (χ0v) is 10.3. The summed E-state index contributed by atoms with van der Waals surface area (Å²) in [4.78, 5) is 11.7. The van der Waals surface area contributed by atoms with E-state index in [2.05, 4.69) is 17.6 Å². The molecule has 0 bridgehead atoms. The van der Waals surface area contributed by atoms with Crippen molar-refractivity contribution in [1.82, 2.24) is 10.6 Å². The van der Waals surface area contributed by atoms with Crippen LogP contribution in [0.1, 0.15) is 45.4 Å². The molecule has 2 N–H and O–H groups in total. The van der Waals surface area contributed by atoms with Crippen LogP contribution >= 0.6 is 0 Å². The molecule has 2 rings (SSSR count). The maximum Gasteiger partial charge on any atom is 0.220 e. The van der Waals surface area contributed by atoms with Gasteiger partial charge in [-0.15, -0.1) is 0 Å². The number of amides is 1. The molecule has 1 unspecified atom stereocenters. The molecule has 0 aromatic carbocycles. The number of carbonyl (C=O) groups excluding carboxylic acids is 1. The van der Waals surface area contributed by atoms with Crippen LogP contribution in [0.5, 0.6) is 0 Å². The second kappa shape index (κ2) is 5.17. The quantitative estimate of drug-likeness (QED) is 0.746. The molecule has 3 heteroatoms. The van der Waals surface area contributed by atoms with Crippen molar-refractivity contribution in [1.29, 1.82) is 0 Å². The van der Waals surface area contributed by atoms with Crippen LogP contribution in [0.4, 0.5) is 0 Å². The molecule has 2 fully saturated rings. The molecule has 1 atom stereocenters. The third-order valence-corrected chi connectivity index (χ3v) is 4.22. The highest BCUT2D eigenvalue weighted by Gasteiger charge is 2.31. The van der Waals surface area contributed by atoms with E-state index in [1.165, 1.54) is 25.7 Å². The summed E-state index contributed by atoms with van der Waals surface area (Å²) >= 11 is 0. The van der Waals surface area contributed by atoms with Gasteiger partial charge in [-0.3, -0.25) is 4.79 Å². The van der Waals surface area contributed by atoms with Gasteiger partial charge in [-0.05, 0) is 50.1 Å². The lowest BCUT2D eigenvalue weighted by Gasteiger charge is -2.38. The van der Waals surface area contributed by atoms with Crippen LogP contribution in [0.2, 0.25) is 0 Å². The van der Waals surface area contributed by atoms with Crippen LogP contribution in [0.3, 0.4) is 0 Å². The molecule has 0 radical (unpaired) electrons. The van der Waals surface area contributed by atoms with E-state index < -0.39 is 0 Å². The molecule has 2 aliphatic rings. The van der Waals surface area contributed by atoms with Gasteiger partial charge in [0.25, 0.3) is 0 Å². The first-order chi connectivity index (χ1) is 7.68. The predicted molar refractivity (Wildman–Crippen MR) is 65.2 cm³/mol. The van der Waals surface area contributed by atoms with Crippen LogP contribution < -0.4 is 10.6 Å². The number of carbonyl (C=O) groups is 1. The molecule has 1 aliphatic carbocycles. The Balaban J connectivity index is 1.57. The molecular formula is C13H24N2O. The summed E-state index contributed by atoms with van der Waals surface area (Å²) in [5.41, 5.74) is 0.407. The number of hydrogen-bond donors (Lipinski definition) is 2. The van der Waals surface area contributed by atoms with Gasteiger partial charge in [0, 0.05) is 13.0 Å².